The molecule has 21 nitrogen and oxygen atoms in total. The highest BCUT2D eigenvalue weighted by atomic mass is 31.3. The van der Waals surface area contributed by atoms with Gasteiger partial charge in [-0.25, -0.2) is 18.7 Å². The van der Waals surface area contributed by atoms with Gasteiger partial charge in [0.1, 0.15) is 12.2 Å². The molecule has 0 spiro atoms. The summed E-state index contributed by atoms with van der Waals surface area (Å²) in [5.74, 6) is 6.44. The van der Waals surface area contributed by atoms with Crippen LogP contribution in [0.25, 0.3) is 11.2 Å². The third-order valence-corrected chi connectivity index (χ3v) is 8.16. The summed E-state index contributed by atoms with van der Waals surface area (Å²) in [5.41, 5.74) is -3.92. The topological polar surface area (TPSA) is 324 Å². The Bertz CT molecular complexity index is 1430. The van der Waals surface area contributed by atoms with Crippen LogP contribution in [0, 0.1) is 12.3 Å². The van der Waals surface area contributed by atoms with Gasteiger partial charge in [0, 0.05) is 0 Å². The van der Waals surface area contributed by atoms with Crippen molar-refractivity contribution in [3.8, 4) is 12.3 Å². The van der Waals surface area contributed by atoms with Crippen LogP contribution < -0.4 is 11.4 Å². The first-order chi connectivity index (χ1) is 16.5. The largest absolute Gasteiger partial charge is 0.490 e. The second-order valence-electron chi connectivity index (χ2n) is 6.76. The van der Waals surface area contributed by atoms with Crippen molar-refractivity contribution in [2.24, 2.45) is 16.2 Å². The van der Waals surface area contributed by atoms with Gasteiger partial charge in [0.05, 0.1) is 12.9 Å². The molecule has 0 aromatic carbocycles. The lowest BCUT2D eigenvalue weighted by atomic mass is 9.95. The average Bonchev–Trinajstić information content (AvgIpc) is 3.24. The Balaban J connectivity index is 1.86. The second kappa shape index (κ2) is 9.81. The minimum absolute atomic E-state index is 0.263. The number of rotatable bonds is 9. The molecule has 1 fully saturated rings. The van der Waals surface area contributed by atoms with E-state index in [9.17, 15) is 38.5 Å². The zero-order valence-electron chi connectivity index (χ0n) is 17.2. The van der Waals surface area contributed by atoms with Gasteiger partial charge >= 0.3 is 23.5 Å². The number of fused-ring (bicyclic) bond motifs is 1. The maximum atomic E-state index is 12.2. The van der Waals surface area contributed by atoms with Crippen molar-refractivity contribution >= 4 is 40.6 Å². The van der Waals surface area contributed by atoms with Crippen molar-refractivity contribution in [3.63, 3.8) is 0 Å². The van der Waals surface area contributed by atoms with Crippen molar-refractivity contribution in [2.75, 3.05) is 6.61 Å². The Hall–Kier alpha value is -2.40. The molecule has 36 heavy (non-hydrogen) atoms. The molecule has 2 aromatic rings. The van der Waals surface area contributed by atoms with Crippen LogP contribution in [0.5, 0.6) is 0 Å². The molecule has 0 bridgehead atoms. The number of phosphoric ester groups is 1. The second-order valence-corrected chi connectivity index (χ2v) is 11.2. The van der Waals surface area contributed by atoms with Gasteiger partial charge in [-0.1, -0.05) is 16.3 Å². The quantitative estimate of drug-likeness (QED) is 0.0529. The van der Waals surface area contributed by atoms with Gasteiger partial charge in [-0.3, -0.25) is 18.9 Å². The van der Waals surface area contributed by atoms with E-state index in [1.165, 1.54) is 0 Å². The van der Waals surface area contributed by atoms with E-state index in [1.54, 1.807) is 0 Å². The minimum Gasteiger partial charge on any atom is -0.386 e. The predicted molar refractivity (Wildman–Crippen MR) is 110 cm³/mol. The number of hydrogen-bond acceptors (Lipinski definition) is 14. The van der Waals surface area contributed by atoms with Crippen LogP contribution in [-0.4, -0.2) is 73.7 Å². The zero-order chi connectivity index (χ0) is 27.1. The molecule has 2 unspecified atom stereocenters. The average molecular weight is 575 g/mol. The van der Waals surface area contributed by atoms with E-state index < -0.39 is 59.7 Å². The van der Waals surface area contributed by atoms with Crippen molar-refractivity contribution in [1.82, 2.24) is 19.5 Å². The molecule has 3 heterocycles. The monoisotopic (exact) mass is 575 g/mol. The summed E-state index contributed by atoms with van der Waals surface area (Å²) in [7, 11) is -17.0. The molecule has 24 heteroatoms. The molecule has 0 radical (unpaired) electrons. The van der Waals surface area contributed by atoms with Gasteiger partial charge in [0.25, 0.3) is 11.5 Å². The maximum absolute atomic E-state index is 12.2. The summed E-state index contributed by atoms with van der Waals surface area (Å²) in [4.78, 5) is 58.0. The Morgan fingerprint density at radius 3 is 2.53 bits per heavy atom. The molecule has 6 atom stereocenters. The van der Waals surface area contributed by atoms with Gasteiger partial charge in [0.2, 0.25) is 0 Å². The number of nitrogens with two attached hydrogens (primary N) is 1. The number of aromatic amines is 1. The summed E-state index contributed by atoms with van der Waals surface area (Å²) < 4.78 is 52.0. The molecule has 1 saturated heterocycles. The van der Waals surface area contributed by atoms with Crippen LogP contribution in [0.2, 0.25) is 0 Å². The zero-order valence-corrected chi connectivity index (χ0v) is 19.9. The molecule has 3 rings (SSSR count). The highest BCUT2D eigenvalue weighted by Crippen LogP contribution is 2.66. The summed E-state index contributed by atoms with van der Waals surface area (Å²) in [5, 5.41) is 27.7. The van der Waals surface area contributed by atoms with Crippen LogP contribution in [0.1, 0.15) is 6.23 Å². The lowest BCUT2D eigenvalue weighted by Gasteiger charge is -2.26. The molecule has 0 saturated carbocycles. The fraction of sp³-hybridized carbons (Fsp3) is 0.417. The number of phosphoric acid groups is 3. The predicted octanol–water partition coefficient (Wildman–Crippen LogP) is -1.96. The van der Waals surface area contributed by atoms with Crippen LogP contribution in [0.4, 0.5) is 5.95 Å². The van der Waals surface area contributed by atoms with Crippen LogP contribution in [0.3, 0.4) is 0 Å². The smallest absolute Gasteiger partial charge is 0.386 e. The minimum atomic E-state index is -5.80. The fourth-order valence-corrected chi connectivity index (χ4v) is 6.03. The fourth-order valence-electron chi connectivity index (χ4n) is 3.00. The van der Waals surface area contributed by atoms with E-state index in [2.05, 4.69) is 38.4 Å². The molecule has 0 aliphatic carbocycles. The molecule has 1 aliphatic heterocycles. The third-order valence-electron chi connectivity index (χ3n) is 4.36. The number of terminal acetylenes is 1. The van der Waals surface area contributed by atoms with Gasteiger partial charge in [-0.2, -0.15) is 13.6 Å². The van der Waals surface area contributed by atoms with Gasteiger partial charge < -0.3 is 40.4 Å². The Kier molecular flexibility index (Phi) is 7.68. The summed E-state index contributed by atoms with van der Waals surface area (Å²) >= 11 is 0. The highest BCUT2D eigenvalue weighted by Gasteiger charge is 2.56. The first-order valence-corrected chi connectivity index (χ1v) is 13.4. The number of aliphatic hydroxyl groups is 2. The normalized spacial score (nSPS) is 28.2. The summed E-state index contributed by atoms with van der Waals surface area (Å²) in [6.07, 6.45) is 0.782. The number of hydrogen-bond donors (Lipinski definition) is 8. The maximum Gasteiger partial charge on any atom is 0.490 e. The van der Waals surface area contributed by atoms with Crippen molar-refractivity contribution in [2.45, 2.75) is 24.0 Å². The number of nitrogens with one attached hydrogen (secondary N) is 1. The van der Waals surface area contributed by atoms with Crippen molar-refractivity contribution < 1.29 is 61.4 Å². The lowest BCUT2D eigenvalue weighted by molar-refractivity contribution is -0.0717. The molecule has 198 valence electrons. The Morgan fingerprint density at radius 1 is 1.28 bits per heavy atom. The van der Waals surface area contributed by atoms with Gasteiger partial charge in [0.15, 0.2) is 23.0 Å². The Labute approximate surface area is 198 Å². The Morgan fingerprint density at radius 2 is 1.94 bits per heavy atom. The van der Waals surface area contributed by atoms with E-state index in [4.69, 9.17) is 26.8 Å². The number of aliphatic hydroxyl groups excluding tert-OH is 1. The molecule has 9 N–H and O–H groups in total. The molecule has 1 aliphatic rings. The number of imidazole rings is 1. The number of nitrogens with zero attached hydrogens (tertiary/aromatic N) is 5. The van der Waals surface area contributed by atoms with E-state index >= 15 is 0 Å². The first kappa shape index (κ1) is 28.2. The van der Waals surface area contributed by atoms with Crippen molar-refractivity contribution in [1.29, 1.82) is 0 Å². The number of H-pyrrole nitrogens is 1. The van der Waals surface area contributed by atoms with Crippen LogP contribution in [-0.2, 0) is 31.6 Å². The standard InChI is InChI=1S/C12H16N7O14P3/c1-2-12(22)7(20)5(3-30-35(26,27)33-36(28,29)32-34(23,24)25)31-10(12)19-4-14-6-8(19)15-11(17-18-13)16-9(6)21/h1,4-5,7,10,20,22H,3H2,(H,26,27)(H,28,29)(H2,23,24,25)(H3,13,15,16,17,21)/t5-,7-,10-,12-/m1/s1. The first-order valence-electron chi connectivity index (χ1n) is 8.92. The SMILES string of the molecule is C#C[C@@]1(O)[C@H](O)[C@@H](COP(=O)(O)OP(=O)(O)OP(=O)(O)O)O[C@H]1n1cnc2c(=O)[nH]c(N=NN)nc21. The molecular formula is C12H16N7O14P3. The van der Waals surface area contributed by atoms with Gasteiger partial charge in [-0.15, -0.1) is 6.42 Å². The van der Waals surface area contributed by atoms with Crippen LogP contribution in [0.15, 0.2) is 21.5 Å². The summed E-state index contributed by atoms with van der Waals surface area (Å²) in [6.45, 7) is -1.14. The van der Waals surface area contributed by atoms with Crippen LogP contribution >= 0.6 is 23.5 Å². The van der Waals surface area contributed by atoms with Crippen molar-refractivity contribution in [3.05, 3.63) is 16.7 Å². The van der Waals surface area contributed by atoms with E-state index in [1.807, 2.05) is 5.92 Å². The number of aromatic nitrogens is 4. The van der Waals surface area contributed by atoms with Gasteiger partial charge in [-0.05, 0) is 0 Å². The molecule has 0 amide bonds. The lowest BCUT2D eigenvalue weighted by Crippen LogP contribution is -2.45. The van der Waals surface area contributed by atoms with E-state index in [0.29, 0.717) is 0 Å². The van der Waals surface area contributed by atoms with E-state index in [0.717, 1.165) is 10.9 Å². The molecular weight excluding hydrogens is 559 g/mol. The summed E-state index contributed by atoms with van der Waals surface area (Å²) in [6, 6.07) is 0. The molecule has 2 aromatic heterocycles. The number of ether oxygens (including phenoxy) is 1. The highest BCUT2D eigenvalue weighted by molar-refractivity contribution is 7.66. The third kappa shape index (κ3) is 5.94. The van der Waals surface area contributed by atoms with E-state index in [-0.39, 0.29) is 17.1 Å².